The molecule has 0 aliphatic carbocycles. The van der Waals surface area contributed by atoms with E-state index in [1.807, 2.05) is 36.4 Å². The quantitative estimate of drug-likeness (QED) is 0.931. The highest BCUT2D eigenvalue weighted by Crippen LogP contribution is 2.32. The van der Waals surface area contributed by atoms with E-state index in [-0.39, 0.29) is 5.92 Å². The van der Waals surface area contributed by atoms with Gasteiger partial charge in [0.2, 0.25) is 0 Å². The summed E-state index contributed by atoms with van der Waals surface area (Å²) in [4.78, 5) is 2.34. The molecule has 0 fully saturated rings. The summed E-state index contributed by atoms with van der Waals surface area (Å²) in [7, 11) is 0. The number of nitriles is 1. The standard InChI is InChI=1S/C18H19N3/c1-14-12-20-17-9-5-6-10-18(17)21(14)13-16(11-19)15-7-3-2-4-8-15/h2-10,14,16,20H,12-13H2,1H3. The lowest BCUT2D eigenvalue weighted by Gasteiger charge is -2.38. The molecule has 2 atom stereocenters. The zero-order chi connectivity index (χ0) is 14.7. The van der Waals surface area contributed by atoms with Crippen molar-refractivity contribution in [1.29, 1.82) is 5.26 Å². The van der Waals surface area contributed by atoms with E-state index in [1.54, 1.807) is 0 Å². The van der Waals surface area contributed by atoms with Crippen LogP contribution in [0.4, 0.5) is 11.4 Å². The minimum atomic E-state index is -0.111. The summed E-state index contributed by atoms with van der Waals surface area (Å²) in [6.07, 6.45) is 0. The van der Waals surface area contributed by atoms with Crippen molar-refractivity contribution in [2.75, 3.05) is 23.3 Å². The molecule has 0 radical (unpaired) electrons. The fraction of sp³-hybridized carbons (Fsp3) is 0.278. The lowest BCUT2D eigenvalue weighted by atomic mass is 9.98. The predicted octanol–water partition coefficient (Wildman–Crippen LogP) is 3.61. The van der Waals surface area contributed by atoms with Gasteiger partial charge in [0, 0.05) is 19.1 Å². The van der Waals surface area contributed by atoms with Crippen molar-refractivity contribution < 1.29 is 0 Å². The van der Waals surface area contributed by atoms with Crippen LogP contribution in [0.3, 0.4) is 0 Å². The molecule has 0 saturated heterocycles. The van der Waals surface area contributed by atoms with Gasteiger partial charge in [0.05, 0.1) is 23.4 Å². The van der Waals surface area contributed by atoms with E-state index >= 15 is 0 Å². The summed E-state index contributed by atoms with van der Waals surface area (Å²) in [5.74, 6) is -0.111. The van der Waals surface area contributed by atoms with E-state index in [9.17, 15) is 5.26 Å². The maximum atomic E-state index is 9.55. The van der Waals surface area contributed by atoms with Crippen LogP contribution in [-0.4, -0.2) is 19.1 Å². The fourth-order valence-corrected chi connectivity index (χ4v) is 2.86. The first-order valence-corrected chi connectivity index (χ1v) is 7.33. The van der Waals surface area contributed by atoms with Gasteiger partial charge in [-0.15, -0.1) is 0 Å². The van der Waals surface area contributed by atoms with Crippen molar-refractivity contribution in [3.05, 3.63) is 60.2 Å². The second kappa shape index (κ2) is 5.88. The average Bonchev–Trinajstić information content (AvgIpc) is 2.55. The molecule has 2 unspecified atom stereocenters. The topological polar surface area (TPSA) is 39.1 Å². The summed E-state index contributed by atoms with van der Waals surface area (Å²) in [5, 5.41) is 13.0. The Labute approximate surface area is 125 Å². The Morgan fingerprint density at radius 2 is 1.90 bits per heavy atom. The highest BCUT2D eigenvalue weighted by atomic mass is 15.2. The van der Waals surface area contributed by atoms with Crippen molar-refractivity contribution in [3.63, 3.8) is 0 Å². The van der Waals surface area contributed by atoms with Crippen molar-refractivity contribution >= 4 is 11.4 Å². The van der Waals surface area contributed by atoms with Crippen LogP contribution >= 0.6 is 0 Å². The van der Waals surface area contributed by atoms with E-state index < -0.39 is 0 Å². The van der Waals surface area contributed by atoms with Gasteiger partial charge in [0.15, 0.2) is 0 Å². The number of para-hydroxylation sites is 2. The van der Waals surface area contributed by atoms with Crippen LogP contribution in [-0.2, 0) is 0 Å². The third-order valence-corrected chi connectivity index (χ3v) is 4.07. The van der Waals surface area contributed by atoms with Crippen LogP contribution in [0.25, 0.3) is 0 Å². The van der Waals surface area contributed by atoms with Crippen LogP contribution in [0.5, 0.6) is 0 Å². The molecule has 3 nitrogen and oxygen atoms in total. The summed E-state index contributed by atoms with van der Waals surface area (Å²) >= 11 is 0. The fourth-order valence-electron chi connectivity index (χ4n) is 2.86. The lowest BCUT2D eigenvalue weighted by molar-refractivity contribution is 0.622. The third kappa shape index (κ3) is 2.71. The molecule has 0 saturated carbocycles. The monoisotopic (exact) mass is 277 g/mol. The Balaban J connectivity index is 1.88. The van der Waals surface area contributed by atoms with Gasteiger partial charge in [-0.05, 0) is 24.6 Å². The molecule has 21 heavy (non-hydrogen) atoms. The maximum absolute atomic E-state index is 9.55. The van der Waals surface area contributed by atoms with E-state index in [2.05, 4.69) is 41.4 Å². The second-order valence-electron chi connectivity index (χ2n) is 5.49. The first-order chi connectivity index (χ1) is 10.3. The first kappa shape index (κ1) is 13.5. The summed E-state index contributed by atoms with van der Waals surface area (Å²) in [6, 6.07) is 21.2. The number of fused-ring (bicyclic) bond motifs is 1. The highest BCUT2D eigenvalue weighted by molar-refractivity contribution is 5.72. The molecule has 106 valence electrons. The van der Waals surface area contributed by atoms with Gasteiger partial charge in [0.1, 0.15) is 0 Å². The zero-order valence-electron chi connectivity index (χ0n) is 12.2. The average molecular weight is 277 g/mol. The number of benzene rings is 2. The minimum absolute atomic E-state index is 0.111. The largest absolute Gasteiger partial charge is 0.381 e. The van der Waals surface area contributed by atoms with E-state index in [4.69, 9.17) is 0 Å². The molecule has 2 aromatic rings. The Hall–Kier alpha value is -2.47. The molecule has 0 spiro atoms. The van der Waals surface area contributed by atoms with E-state index in [1.165, 1.54) is 5.69 Å². The summed E-state index contributed by atoms with van der Waals surface area (Å²) in [6.45, 7) is 3.83. The van der Waals surface area contributed by atoms with E-state index in [0.29, 0.717) is 6.04 Å². The van der Waals surface area contributed by atoms with Gasteiger partial charge in [-0.25, -0.2) is 0 Å². The number of nitrogens with one attached hydrogen (secondary N) is 1. The third-order valence-electron chi connectivity index (χ3n) is 4.07. The molecule has 2 aromatic carbocycles. The molecule has 1 heterocycles. The molecule has 1 N–H and O–H groups in total. The Kier molecular flexibility index (Phi) is 3.79. The highest BCUT2D eigenvalue weighted by Gasteiger charge is 2.25. The molecule has 0 amide bonds. The molecule has 1 aliphatic rings. The number of hydrogen-bond donors (Lipinski definition) is 1. The Morgan fingerprint density at radius 1 is 1.19 bits per heavy atom. The molecule has 0 bridgehead atoms. The summed E-state index contributed by atoms with van der Waals surface area (Å²) in [5.41, 5.74) is 3.43. The first-order valence-electron chi connectivity index (χ1n) is 7.33. The molecule has 1 aliphatic heterocycles. The van der Waals surface area contributed by atoms with Gasteiger partial charge in [-0.2, -0.15) is 5.26 Å². The van der Waals surface area contributed by atoms with Crippen LogP contribution in [0.1, 0.15) is 18.4 Å². The Morgan fingerprint density at radius 3 is 2.67 bits per heavy atom. The minimum Gasteiger partial charge on any atom is -0.381 e. The van der Waals surface area contributed by atoms with Crippen molar-refractivity contribution in [2.24, 2.45) is 0 Å². The van der Waals surface area contributed by atoms with Crippen LogP contribution in [0.15, 0.2) is 54.6 Å². The molecule has 3 heteroatoms. The Bertz CT molecular complexity index is 645. The number of hydrogen-bond acceptors (Lipinski definition) is 3. The van der Waals surface area contributed by atoms with Crippen molar-refractivity contribution in [3.8, 4) is 6.07 Å². The van der Waals surface area contributed by atoms with E-state index in [0.717, 1.165) is 24.3 Å². The number of nitrogens with zero attached hydrogens (tertiary/aromatic N) is 2. The number of rotatable bonds is 3. The number of anilines is 2. The van der Waals surface area contributed by atoms with Gasteiger partial charge >= 0.3 is 0 Å². The maximum Gasteiger partial charge on any atom is 0.0887 e. The molecular weight excluding hydrogens is 258 g/mol. The summed E-state index contributed by atoms with van der Waals surface area (Å²) < 4.78 is 0. The zero-order valence-corrected chi connectivity index (χ0v) is 12.2. The smallest absolute Gasteiger partial charge is 0.0887 e. The normalized spacial score (nSPS) is 18.3. The van der Waals surface area contributed by atoms with Crippen LogP contribution in [0, 0.1) is 11.3 Å². The van der Waals surface area contributed by atoms with Gasteiger partial charge in [0.25, 0.3) is 0 Å². The van der Waals surface area contributed by atoms with Crippen molar-refractivity contribution in [1.82, 2.24) is 0 Å². The van der Waals surface area contributed by atoms with Crippen LogP contribution in [0.2, 0.25) is 0 Å². The van der Waals surface area contributed by atoms with Crippen molar-refractivity contribution in [2.45, 2.75) is 18.9 Å². The molecule has 3 rings (SSSR count). The van der Waals surface area contributed by atoms with Gasteiger partial charge in [-0.3, -0.25) is 0 Å². The van der Waals surface area contributed by atoms with Gasteiger partial charge < -0.3 is 10.2 Å². The van der Waals surface area contributed by atoms with Gasteiger partial charge in [-0.1, -0.05) is 42.5 Å². The molecular formula is C18H19N3. The van der Waals surface area contributed by atoms with Crippen LogP contribution < -0.4 is 10.2 Å². The predicted molar refractivity (Wildman–Crippen MR) is 86.5 cm³/mol. The lowest BCUT2D eigenvalue weighted by Crippen LogP contribution is -2.44. The second-order valence-corrected chi connectivity index (χ2v) is 5.49. The molecule has 0 aromatic heterocycles. The SMILES string of the molecule is CC1CNc2ccccc2N1CC(C#N)c1ccccc1.